The molecule has 2 N–H and O–H groups in total. The van der Waals surface area contributed by atoms with Crippen LogP contribution in [0.15, 0.2) is 39.6 Å². The molecular formula is C19H26N2O2. The van der Waals surface area contributed by atoms with Gasteiger partial charge in [0.15, 0.2) is 0 Å². The van der Waals surface area contributed by atoms with Gasteiger partial charge in [-0.1, -0.05) is 45.0 Å². The van der Waals surface area contributed by atoms with E-state index in [1.165, 1.54) is 11.1 Å². The van der Waals surface area contributed by atoms with Crippen LogP contribution in [-0.2, 0) is 11.8 Å². The summed E-state index contributed by atoms with van der Waals surface area (Å²) in [4.78, 5) is 11.3. The van der Waals surface area contributed by atoms with Crippen LogP contribution >= 0.6 is 0 Å². The second-order valence-electron chi connectivity index (χ2n) is 7.64. The van der Waals surface area contributed by atoms with Gasteiger partial charge in [-0.25, -0.2) is 0 Å². The Kier molecular flexibility index (Phi) is 4.44. The molecule has 2 aromatic rings. The fraction of sp³-hybridized carbons (Fsp3) is 0.526. The van der Waals surface area contributed by atoms with Crippen molar-refractivity contribution in [3.63, 3.8) is 0 Å². The smallest absolute Gasteiger partial charge is 0.280 e. The van der Waals surface area contributed by atoms with Crippen LogP contribution in [-0.4, -0.2) is 17.7 Å². The molecule has 1 aliphatic heterocycles. The van der Waals surface area contributed by atoms with Gasteiger partial charge in [0.05, 0.1) is 0 Å². The Morgan fingerprint density at radius 3 is 2.57 bits per heavy atom. The molecule has 2 atom stereocenters. The molecular weight excluding hydrogens is 288 g/mol. The third-order valence-electron chi connectivity index (χ3n) is 4.74. The third kappa shape index (κ3) is 3.94. The lowest BCUT2D eigenvalue weighted by Crippen LogP contribution is -2.38. The van der Waals surface area contributed by atoms with Crippen LogP contribution in [0.2, 0.25) is 0 Å². The molecule has 2 heterocycles. The summed E-state index contributed by atoms with van der Waals surface area (Å²) in [5, 5.41) is 5.99. The maximum absolute atomic E-state index is 11.3. The Morgan fingerprint density at radius 1 is 1.22 bits per heavy atom. The highest BCUT2D eigenvalue weighted by molar-refractivity contribution is 5.28. The molecule has 1 aliphatic rings. The van der Waals surface area contributed by atoms with Crippen LogP contribution in [0.25, 0.3) is 0 Å². The molecule has 0 unspecified atom stereocenters. The highest BCUT2D eigenvalue weighted by Crippen LogP contribution is 2.28. The van der Waals surface area contributed by atoms with E-state index in [0.717, 1.165) is 31.6 Å². The highest BCUT2D eigenvalue weighted by Gasteiger charge is 2.25. The van der Waals surface area contributed by atoms with E-state index in [0.29, 0.717) is 12.0 Å². The van der Waals surface area contributed by atoms with Crippen molar-refractivity contribution in [2.24, 2.45) is 0 Å². The van der Waals surface area contributed by atoms with Gasteiger partial charge < -0.3 is 9.84 Å². The van der Waals surface area contributed by atoms with Crippen molar-refractivity contribution in [3.8, 4) is 0 Å². The number of rotatable bonds is 3. The standard InChI is InChI=1S/C19H26N2O2/c1-19(2,3)15-6-4-13(5-7-15)10-16-11-14(8-9-20-16)17-12-18(22)21-23-17/h4-7,12,14,16,20H,8-11H2,1-3H3,(H,21,22)/t14-,16+/m1/s1. The second-order valence-corrected chi connectivity index (χ2v) is 7.64. The van der Waals surface area contributed by atoms with Crippen LogP contribution in [0.3, 0.4) is 0 Å². The normalized spacial score (nSPS) is 22.2. The molecule has 4 nitrogen and oxygen atoms in total. The number of benzene rings is 1. The molecule has 3 rings (SSSR count). The summed E-state index contributed by atoms with van der Waals surface area (Å²) in [5.74, 6) is 1.12. The number of aromatic nitrogens is 1. The summed E-state index contributed by atoms with van der Waals surface area (Å²) in [6.07, 6.45) is 3.03. The summed E-state index contributed by atoms with van der Waals surface area (Å²) in [7, 11) is 0. The van der Waals surface area contributed by atoms with Gasteiger partial charge in [-0.05, 0) is 42.3 Å². The quantitative estimate of drug-likeness (QED) is 0.913. The molecule has 0 aliphatic carbocycles. The molecule has 1 fully saturated rings. The van der Waals surface area contributed by atoms with Gasteiger partial charge >= 0.3 is 0 Å². The SMILES string of the molecule is CC(C)(C)c1ccc(C[C@H]2C[C@H](c3cc(=O)[nH]o3)CCN2)cc1. The molecule has 1 aromatic carbocycles. The Bertz CT molecular complexity index is 691. The lowest BCUT2D eigenvalue weighted by molar-refractivity contribution is 0.292. The first-order chi connectivity index (χ1) is 10.9. The van der Waals surface area contributed by atoms with E-state index in [2.05, 4.69) is 55.5 Å². The van der Waals surface area contributed by atoms with E-state index < -0.39 is 0 Å². The molecule has 1 aromatic heterocycles. The Balaban J connectivity index is 1.64. The molecule has 0 saturated carbocycles. The van der Waals surface area contributed by atoms with Crippen LogP contribution in [0.1, 0.15) is 56.4 Å². The molecule has 23 heavy (non-hydrogen) atoms. The molecule has 0 amide bonds. The van der Waals surface area contributed by atoms with Crippen molar-refractivity contribution in [1.82, 2.24) is 10.5 Å². The topological polar surface area (TPSA) is 58.0 Å². The monoisotopic (exact) mass is 314 g/mol. The molecule has 0 bridgehead atoms. The van der Waals surface area contributed by atoms with E-state index >= 15 is 0 Å². The van der Waals surface area contributed by atoms with E-state index in [1.807, 2.05) is 0 Å². The number of hydrogen-bond donors (Lipinski definition) is 2. The Labute approximate surface area is 137 Å². The van der Waals surface area contributed by atoms with Crippen molar-refractivity contribution >= 4 is 0 Å². The van der Waals surface area contributed by atoms with Crippen LogP contribution in [0, 0.1) is 0 Å². The highest BCUT2D eigenvalue weighted by atomic mass is 16.5. The fourth-order valence-electron chi connectivity index (χ4n) is 3.34. The zero-order valence-corrected chi connectivity index (χ0v) is 14.2. The van der Waals surface area contributed by atoms with E-state index in [1.54, 1.807) is 6.07 Å². The first-order valence-electron chi connectivity index (χ1n) is 8.43. The second kappa shape index (κ2) is 6.36. The van der Waals surface area contributed by atoms with Gasteiger partial charge in [0, 0.05) is 18.0 Å². The number of aromatic amines is 1. The predicted molar refractivity (Wildman–Crippen MR) is 91.9 cm³/mol. The van der Waals surface area contributed by atoms with Gasteiger partial charge in [-0.2, -0.15) is 5.16 Å². The maximum Gasteiger partial charge on any atom is 0.280 e. The van der Waals surface area contributed by atoms with Crippen LogP contribution < -0.4 is 10.9 Å². The van der Waals surface area contributed by atoms with Gasteiger partial charge in [0.1, 0.15) is 5.76 Å². The largest absolute Gasteiger partial charge is 0.383 e. The Hall–Kier alpha value is -1.81. The summed E-state index contributed by atoms with van der Waals surface area (Å²) in [6.45, 7) is 7.67. The lowest BCUT2D eigenvalue weighted by Gasteiger charge is -2.29. The summed E-state index contributed by atoms with van der Waals surface area (Å²) in [5.41, 5.74) is 2.77. The van der Waals surface area contributed by atoms with Crippen LogP contribution in [0.4, 0.5) is 0 Å². The average molecular weight is 314 g/mol. The van der Waals surface area contributed by atoms with E-state index in [4.69, 9.17) is 4.52 Å². The Morgan fingerprint density at radius 2 is 1.96 bits per heavy atom. The number of H-pyrrole nitrogens is 1. The van der Waals surface area contributed by atoms with Crippen LogP contribution in [0.5, 0.6) is 0 Å². The first-order valence-corrected chi connectivity index (χ1v) is 8.43. The average Bonchev–Trinajstić information content (AvgIpc) is 2.94. The minimum atomic E-state index is -0.146. The van der Waals surface area contributed by atoms with Gasteiger partial charge in [-0.3, -0.25) is 4.79 Å². The van der Waals surface area contributed by atoms with Gasteiger partial charge in [-0.15, -0.1) is 0 Å². The maximum atomic E-state index is 11.3. The zero-order valence-electron chi connectivity index (χ0n) is 14.2. The minimum Gasteiger partial charge on any atom is -0.383 e. The predicted octanol–water partition coefficient (Wildman–Crippen LogP) is 3.34. The number of nitrogens with one attached hydrogen (secondary N) is 2. The number of piperidine rings is 1. The van der Waals surface area contributed by atoms with Gasteiger partial charge in [0.2, 0.25) is 0 Å². The summed E-state index contributed by atoms with van der Waals surface area (Å²) in [6, 6.07) is 11.0. The van der Waals surface area contributed by atoms with Crippen molar-refractivity contribution in [2.45, 2.75) is 57.4 Å². The molecule has 4 heteroatoms. The minimum absolute atomic E-state index is 0.146. The van der Waals surface area contributed by atoms with E-state index in [9.17, 15) is 4.79 Å². The molecule has 1 saturated heterocycles. The van der Waals surface area contributed by atoms with Crippen molar-refractivity contribution in [3.05, 3.63) is 57.6 Å². The fourth-order valence-corrected chi connectivity index (χ4v) is 3.34. The zero-order chi connectivity index (χ0) is 16.4. The number of hydrogen-bond acceptors (Lipinski definition) is 3. The molecule has 0 spiro atoms. The third-order valence-corrected chi connectivity index (χ3v) is 4.74. The lowest BCUT2D eigenvalue weighted by atomic mass is 9.85. The van der Waals surface area contributed by atoms with Gasteiger partial charge in [0.25, 0.3) is 5.56 Å². The molecule has 124 valence electrons. The van der Waals surface area contributed by atoms with Crippen molar-refractivity contribution in [2.75, 3.05) is 6.54 Å². The summed E-state index contributed by atoms with van der Waals surface area (Å²) >= 11 is 0. The molecule has 0 radical (unpaired) electrons. The van der Waals surface area contributed by atoms with Crippen molar-refractivity contribution < 1.29 is 4.52 Å². The van der Waals surface area contributed by atoms with Crippen molar-refractivity contribution in [1.29, 1.82) is 0 Å². The van der Waals surface area contributed by atoms with E-state index in [-0.39, 0.29) is 11.0 Å². The summed E-state index contributed by atoms with van der Waals surface area (Å²) < 4.78 is 5.29. The first kappa shape index (κ1) is 16.1.